The minimum atomic E-state index is -0.989. The predicted octanol–water partition coefficient (Wildman–Crippen LogP) is 4.04. The van der Waals surface area contributed by atoms with E-state index in [4.69, 9.17) is 9.15 Å². The Labute approximate surface area is 163 Å². The number of carbonyl (C=O) groups excluding carboxylic acids is 2. The minimum Gasteiger partial charge on any atom is -0.460 e. The molecule has 1 atom stereocenters. The number of hydrogen-bond donors (Lipinski definition) is 1. The first kappa shape index (κ1) is 18.3. The van der Waals surface area contributed by atoms with E-state index in [2.05, 4.69) is 5.32 Å². The predicted molar refractivity (Wildman–Crippen MR) is 105 cm³/mol. The van der Waals surface area contributed by atoms with Crippen LogP contribution in [0.5, 0.6) is 0 Å². The number of esters is 1. The Kier molecular flexibility index (Phi) is 4.94. The lowest BCUT2D eigenvalue weighted by atomic mass is 10.1. The Morgan fingerprint density at radius 1 is 1.18 bits per heavy atom. The standard InChI is InChI=1S/C22H24N2O4/c1-14-12-17-19(27-14)13-18(24(17)2)22(26)28-20(15-8-4-3-5-9-15)21(25)23-16-10-6-7-11-16/h3-5,8-9,12-13,16,20H,6-7,10-11H2,1-2H3,(H,23,25). The summed E-state index contributed by atoms with van der Waals surface area (Å²) in [5.41, 5.74) is 2.44. The molecule has 1 N–H and O–H groups in total. The van der Waals surface area contributed by atoms with Gasteiger partial charge in [0, 0.05) is 30.8 Å². The number of amides is 1. The summed E-state index contributed by atoms with van der Waals surface area (Å²) in [5.74, 6) is -0.0548. The Morgan fingerprint density at radius 2 is 1.89 bits per heavy atom. The number of hydrogen-bond acceptors (Lipinski definition) is 4. The molecule has 1 aliphatic carbocycles. The minimum absolute atomic E-state index is 0.151. The first-order valence-electron chi connectivity index (χ1n) is 9.65. The van der Waals surface area contributed by atoms with E-state index in [1.165, 1.54) is 0 Å². The summed E-state index contributed by atoms with van der Waals surface area (Å²) in [6.07, 6.45) is 3.17. The first-order chi connectivity index (χ1) is 13.5. The Balaban J connectivity index is 1.58. The van der Waals surface area contributed by atoms with E-state index in [1.807, 2.05) is 31.2 Å². The second-order valence-electron chi connectivity index (χ2n) is 7.38. The van der Waals surface area contributed by atoms with Gasteiger partial charge in [-0.25, -0.2) is 4.79 Å². The van der Waals surface area contributed by atoms with Crippen LogP contribution in [-0.4, -0.2) is 22.5 Å². The van der Waals surface area contributed by atoms with Crippen LogP contribution in [0.4, 0.5) is 0 Å². The van der Waals surface area contributed by atoms with Gasteiger partial charge < -0.3 is 19.0 Å². The molecular weight excluding hydrogens is 356 g/mol. The van der Waals surface area contributed by atoms with Gasteiger partial charge in [-0.05, 0) is 19.8 Å². The van der Waals surface area contributed by atoms with Crippen molar-refractivity contribution in [3.8, 4) is 0 Å². The summed E-state index contributed by atoms with van der Waals surface area (Å²) in [5, 5.41) is 3.04. The molecule has 4 rings (SSSR count). The molecule has 0 saturated heterocycles. The molecule has 0 spiro atoms. The average molecular weight is 380 g/mol. The number of fused-ring (bicyclic) bond motifs is 1. The zero-order valence-electron chi connectivity index (χ0n) is 16.1. The van der Waals surface area contributed by atoms with Gasteiger partial charge in [-0.2, -0.15) is 0 Å². The van der Waals surface area contributed by atoms with Gasteiger partial charge >= 0.3 is 5.97 Å². The van der Waals surface area contributed by atoms with Crippen LogP contribution < -0.4 is 5.32 Å². The number of aromatic nitrogens is 1. The Morgan fingerprint density at radius 3 is 2.57 bits per heavy atom. The normalized spacial score (nSPS) is 15.6. The van der Waals surface area contributed by atoms with Gasteiger partial charge in [0.2, 0.25) is 6.10 Å². The highest BCUT2D eigenvalue weighted by Gasteiger charge is 2.29. The van der Waals surface area contributed by atoms with Crippen LogP contribution in [0.25, 0.3) is 11.1 Å². The molecule has 3 aromatic rings. The van der Waals surface area contributed by atoms with Crippen molar-refractivity contribution >= 4 is 23.0 Å². The van der Waals surface area contributed by atoms with Crippen molar-refractivity contribution in [2.45, 2.75) is 44.8 Å². The second-order valence-corrected chi connectivity index (χ2v) is 7.38. The molecule has 0 radical (unpaired) electrons. The fraction of sp³-hybridized carbons (Fsp3) is 0.364. The molecule has 6 nitrogen and oxygen atoms in total. The largest absolute Gasteiger partial charge is 0.460 e. The first-order valence-corrected chi connectivity index (χ1v) is 9.65. The summed E-state index contributed by atoms with van der Waals surface area (Å²) in [6.45, 7) is 1.86. The van der Waals surface area contributed by atoms with Crippen molar-refractivity contribution in [3.05, 3.63) is 59.5 Å². The summed E-state index contributed by atoms with van der Waals surface area (Å²) >= 11 is 0. The van der Waals surface area contributed by atoms with Gasteiger partial charge in [-0.15, -0.1) is 0 Å². The molecule has 146 valence electrons. The van der Waals surface area contributed by atoms with Gasteiger partial charge in [-0.3, -0.25) is 4.79 Å². The number of aryl methyl sites for hydroxylation is 2. The van der Waals surface area contributed by atoms with E-state index in [9.17, 15) is 9.59 Å². The van der Waals surface area contributed by atoms with E-state index < -0.39 is 12.1 Å². The molecule has 2 heterocycles. The quantitative estimate of drug-likeness (QED) is 0.678. The molecule has 2 aromatic heterocycles. The van der Waals surface area contributed by atoms with Gasteiger partial charge in [0.05, 0.1) is 5.52 Å². The van der Waals surface area contributed by atoms with Gasteiger partial charge in [-0.1, -0.05) is 43.2 Å². The summed E-state index contributed by atoms with van der Waals surface area (Å²) in [4.78, 5) is 25.8. The third kappa shape index (κ3) is 3.54. The Hall–Kier alpha value is -3.02. The van der Waals surface area contributed by atoms with Gasteiger partial charge in [0.25, 0.3) is 5.91 Å². The highest BCUT2D eigenvalue weighted by atomic mass is 16.5. The van der Waals surface area contributed by atoms with Crippen molar-refractivity contribution < 1.29 is 18.7 Å². The lowest BCUT2D eigenvalue weighted by Crippen LogP contribution is -2.38. The van der Waals surface area contributed by atoms with Crippen molar-refractivity contribution in [1.29, 1.82) is 0 Å². The summed E-state index contributed by atoms with van der Waals surface area (Å²) in [7, 11) is 1.78. The number of carbonyl (C=O) groups is 2. The van der Waals surface area contributed by atoms with Gasteiger partial charge in [0.15, 0.2) is 5.58 Å². The van der Waals surface area contributed by atoms with Crippen LogP contribution in [0.15, 0.2) is 46.9 Å². The molecule has 6 heteroatoms. The zero-order chi connectivity index (χ0) is 19.7. The van der Waals surface area contributed by atoms with E-state index in [0.717, 1.165) is 37.0 Å². The van der Waals surface area contributed by atoms with Crippen LogP contribution in [0.3, 0.4) is 0 Å². The third-order valence-corrected chi connectivity index (χ3v) is 5.33. The number of rotatable bonds is 5. The molecule has 0 bridgehead atoms. The SMILES string of the molecule is Cc1cc2c(cc(C(=O)OC(C(=O)NC3CCCC3)c3ccccc3)n2C)o1. The van der Waals surface area contributed by atoms with Crippen LogP contribution in [0.1, 0.15) is 53.6 Å². The van der Waals surface area contributed by atoms with E-state index in [-0.39, 0.29) is 11.9 Å². The Bertz CT molecular complexity index is 996. The molecule has 1 aromatic carbocycles. The van der Waals surface area contributed by atoms with Crippen LogP contribution in [-0.2, 0) is 16.6 Å². The fourth-order valence-electron chi connectivity index (χ4n) is 3.85. The van der Waals surface area contributed by atoms with Crippen LogP contribution >= 0.6 is 0 Å². The number of nitrogens with zero attached hydrogens (tertiary/aromatic N) is 1. The topological polar surface area (TPSA) is 73.5 Å². The molecule has 1 fully saturated rings. The highest BCUT2D eigenvalue weighted by Crippen LogP contribution is 2.26. The van der Waals surface area contributed by atoms with Crippen LogP contribution in [0.2, 0.25) is 0 Å². The lowest BCUT2D eigenvalue weighted by molar-refractivity contribution is -0.131. The molecule has 1 saturated carbocycles. The van der Waals surface area contributed by atoms with Gasteiger partial charge in [0.1, 0.15) is 11.5 Å². The number of nitrogens with one attached hydrogen (secondary N) is 1. The van der Waals surface area contributed by atoms with Crippen molar-refractivity contribution in [2.75, 3.05) is 0 Å². The van der Waals surface area contributed by atoms with E-state index in [1.54, 1.807) is 29.8 Å². The van der Waals surface area contributed by atoms with Crippen LogP contribution in [0, 0.1) is 6.92 Å². The summed E-state index contributed by atoms with van der Waals surface area (Å²) in [6, 6.07) is 12.8. The number of furan rings is 1. The van der Waals surface area contributed by atoms with Crippen molar-refractivity contribution in [2.24, 2.45) is 7.05 Å². The highest BCUT2D eigenvalue weighted by molar-refractivity contribution is 5.96. The smallest absolute Gasteiger partial charge is 0.356 e. The third-order valence-electron chi connectivity index (χ3n) is 5.33. The average Bonchev–Trinajstić information content (AvgIpc) is 3.39. The second kappa shape index (κ2) is 7.54. The molecule has 0 aliphatic heterocycles. The maximum Gasteiger partial charge on any atom is 0.356 e. The fourth-order valence-corrected chi connectivity index (χ4v) is 3.85. The molecular formula is C22H24N2O4. The number of benzene rings is 1. The zero-order valence-corrected chi connectivity index (χ0v) is 16.1. The van der Waals surface area contributed by atoms with Crippen molar-refractivity contribution in [3.63, 3.8) is 0 Å². The van der Waals surface area contributed by atoms with E-state index in [0.29, 0.717) is 16.8 Å². The molecule has 1 amide bonds. The monoisotopic (exact) mass is 380 g/mol. The number of ether oxygens (including phenoxy) is 1. The molecule has 1 unspecified atom stereocenters. The summed E-state index contributed by atoms with van der Waals surface area (Å²) < 4.78 is 13.0. The molecule has 1 aliphatic rings. The maximum atomic E-state index is 12.9. The maximum absolute atomic E-state index is 12.9. The lowest BCUT2D eigenvalue weighted by Gasteiger charge is -2.20. The van der Waals surface area contributed by atoms with Crippen molar-refractivity contribution in [1.82, 2.24) is 9.88 Å². The molecule has 28 heavy (non-hydrogen) atoms. The van der Waals surface area contributed by atoms with E-state index >= 15 is 0 Å².